The molecule has 0 aliphatic carbocycles. The van der Waals surface area contributed by atoms with Gasteiger partial charge in [0.2, 0.25) is 0 Å². The van der Waals surface area contributed by atoms with Gasteiger partial charge < -0.3 is 4.74 Å². The molecule has 0 bridgehead atoms. The largest absolute Gasteiger partial charge is 0.489 e. The molecular weight excluding hydrogens is 461 g/mol. The van der Waals surface area contributed by atoms with Crippen LogP contribution in [-0.2, 0) is 16.2 Å². The third-order valence-corrected chi connectivity index (χ3v) is 5.22. The number of thiocarbonyl (C=S) groups is 1. The Morgan fingerprint density at radius 3 is 2.35 bits per heavy atom. The molecule has 1 N–H and O–H groups in total. The van der Waals surface area contributed by atoms with E-state index in [9.17, 15) is 24.1 Å². The molecule has 1 heterocycles. The average Bonchev–Trinajstić information content (AvgIpc) is 2.82. The minimum absolute atomic E-state index is 0.00299. The van der Waals surface area contributed by atoms with Crippen molar-refractivity contribution in [3.63, 3.8) is 0 Å². The normalized spacial score (nSPS) is 14.8. The lowest BCUT2D eigenvalue weighted by molar-refractivity contribution is -0.384. The Balaban J connectivity index is 1.49. The molecule has 0 radical (unpaired) electrons. The van der Waals surface area contributed by atoms with Crippen LogP contribution in [0.15, 0.2) is 78.4 Å². The van der Waals surface area contributed by atoms with E-state index in [2.05, 4.69) is 5.32 Å². The number of ether oxygens (including phenoxy) is 1. The first-order chi connectivity index (χ1) is 16.3. The van der Waals surface area contributed by atoms with Gasteiger partial charge in [-0.05, 0) is 65.8 Å². The minimum atomic E-state index is -0.739. The molecule has 3 aromatic rings. The average molecular weight is 477 g/mol. The maximum atomic E-state index is 14.2. The minimum Gasteiger partial charge on any atom is -0.489 e. The summed E-state index contributed by atoms with van der Waals surface area (Å²) in [4.78, 5) is 36.6. The van der Waals surface area contributed by atoms with E-state index in [1.165, 1.54) is 36.4 Å². The summed E-state index contributed by atoms with van der Waals surface area (Å²) in [5.74, 6) is -1.55. The SMILES string of the molecule is O=C1NC(=S)N(c2ccccc2F)C(=O)/C1=C/c1ccc(OCc2ccc([N+](=O)[O-])cc2)cc1. The Bertz CT molecular complexity index is 1320. The fourth-order valence-electron chi connectivity index (χ4n) is 3.22. The molecule has 1 fully saturated rings. The van der Waals surface area contributed by atoms with Crippen molar-refractivity contribution in [2.45, 2.75) is 6.61 Å². The smallest absolute Gasteiger partial charge is 0.270 e. The van der Waals surface area contributed by atoms with E-state index < -0.39 is 22.6 Å². The van der Waals surface area contributed by atoms with Crippen molar-refractivity contribution in [3.8, 4) is 5.75 Å². The number of hydrogen-bond donors (Lipinski definition) is 1. The molecule has 34 heavy (non-hydrogen) atoms. The molecule has 8 nitrogen and oxygen atoms in total. The van der Waals surface area contributed by atoms with Crippen molar-refractivity contribution >= 4 is 46.6 Å². The van der Waals surface area contributed by atoms with Crippen LogP contribution < -0.4 is 15.0 Å². The Morgan fingerprint density at radius 1 is 1.03 bits per heavy atom. The quantitative estimate of drug-likeness (QED) is 0.188. The fourth-order valence-corrected chi connectivity index (χ4v) is 3.49. The van der Waals surface area contributed by atoms with Gasteiger partial charge in [0, 0.05) is 12.1 Å². The Kier molecular flexibility index (Phi) is 6.42. The number of carbonyl (C=O) groups is 2. The number of amides is 2. The molecule has 4 rings (SSSR count). The van der Waals surface area contributed by atoms with Crippen molar-refractivity contribution < 1.29 is 23.6 Å². The van der Waals surface area contributed by atoms with E-state index in [1.807, 2.05) is 0 Å². The van der Waals surface area contributed by atoms with Crippen molar-refractivity contribution in [1.29, 1.82) is 0 Å². The summed E-state index contributed by atoms with van der Waals surface area (Å²) in [6, 6.07) is 18.3. The van der Waals surface area contributed by atoms with E-state index in [0.717, 1.165) is 10.5 Å². The number of nitrogens with one attached hydrogen (secondary N) is 1. The molecule has 1 aliphatic heterocycles. The number of non-ortho nitro benzene ring substituents is 1. The van der Waals surface area contributed by atoms with E-state index in [4.69, 9.17) is 17.0 Å². The maximum Gasteiger partial charge on any atom is 0.270 e. The number of nitro groups is 1. The van der Waals surface area contributed by atoms with Crippen LogP contribution in [0.1, 0.15) is 11.1 Å². The van der Waals surface area contributed by atoms with Gasteiger partial charge in [-0.2, -0.15) is 0 Å². The standard InChI is InChI=1S/C24H16FN3O5S/c25-20-3-1-2-4-21(20)27-23(30)19(22(29)26-24(27)34)13-15-7-11-18(12-8-15)33-14-16-5-9-17(10-6-16)28(31)32/h1-13H,14H2,(H,26,29,34)/b19-13+. The molecule has 0 atom stereocenters. The first-order valence-corrected chi connectivity index (χ1v) is 10.4. The summed E-state index contributed by atoms with van der Waals surface area (Å²) >= 11 is 5.08. The highest BCUT2D eigenvalue weighted by Crippen LogP contribution is 2.25. The zero-order chi connectivity index (χ0) is 24.2. The summed E-state index contributed by atoms with van der Waals surface area (Å²) < 4.78 is 19.9. The highest BCUT2D eigenvalue weighted by molar-refractivity contribution is 7.80. The maximum absolute atomic E-state index is 14.2. The number of anilines is 1. The third-order valence-electron chi connectivity index (χ3n) is 4.94. The summed E-state index contributed by atoms with van der Waals surface area (Å²) in [6.45, 7) is 0.203. The molecule has 0 spiro atoms. The molecule has 0 saturated carbocycles. The highest BCUT2D eigenvalue weighted by Gasteiger charge is 2.35. The molecule has 10 heteroatoms. The van der Waals surface area contributed by atoms with Gasteiger partial charge in [0.15, 0.2) is 5.11 Å². The van der Waals surface area contributed by atoms with Gasteiger partial charge in [-0.25, -0.2) is 9.29 Å². The zero-order valence-corrected chi connectivity index (χ0v) is 18.3. The van der Waals surface area contributed by atoms with Crippen LogP contribution in [0.2, 0.25) is 0 Å². The fraction of sp³-hybridized carbons (Fsp3) is 0.0417. The van der Waals surface area contributed by atoms with Crippen molar-refractivity contribution in [2.24, 2.45) is 0 Å². The molecule has 0 unspecified atom stereocenters. The summed E-state index contributed by atoms with van der Waals surface area (Å²) in [5, 5.41) is 12.9. The van der Waals surface area contributed by atoms with Crippen molar-refractivity contribution in [2.75, 3.05) is 4.90 Å². The van der Waals surface area contributed by atoms with Crippen LogP contribution in [0.25, 0.3) is 6.08 Å². The van der Waals surface area contributed by atoms with Gasteiger partial charge in [0.1, 0.15) is 23.7 Å². The number of nitrogens with zero attached hydrogens (tertiary/aromatic N) is 2. The predicted molar refractivity (Wildman–Crippen MR) is 126 cm³/mol. The van der Waals surface area contributed by atoms with E-state index in [-0.39, 0.29) is 28.7 Å². The number of nitro benzene ring substituents is 1. The molecule has 2 amide bonds. The number of benzene rings is 3. The lowest BCUT2D eigenvalue weighted by Gasteiger charge is -2.29. The third kappa shape index (κ3) is 4.81. The number of hydrogen-bond acceptors (Lipinski definition) is 6. The van der Waals surface area contributed by atoms with Crippen LogP contribution in [-0.4, -0.2) is 21.9 Å². The Morgan fingerprint density at radius 2 is 1.71 bits per heavy atom. The summed E-state index contributed by atoms with van der Waals surface area (Å²) in [6.07, 6.45) is 1.38. The number of para-hydroxylation sites is 1. The zero-order valence-electron chi connectivity index (χ0n) is 17.4. The highest BCUT2D eigenvalue weighted by atomic mass is 32.1. The first kappa shape index (κ1) is 22.7. The van der Waals surface area contributed by atoms with E-state index in [1.54, 1.807) is 42.5 Å². The van der Waals surface area contributed by atoms with Crippen molar-refractivity contribution in [3.05, 3.63) is 105 Å². The predicted octanol–water partition coefficient (Wildman–Crippen LogP) is 4.14. The van der Waals surface area contributed by atoms with Gasteiger partial charge >= 0.3 is 0 Å². The molecule has 170 valence electrons. The van der Waals surface area contributed by atoms with Crippen LogP contribution in [0.5, 0.6) is 5.75 Å². The molecule has 1 saturated heterocycles. The molecule has 3 aromatic carbocycles. The van der Waals surface area contributed by atoms with Crippen LogP contribution in [0.4, 0.5) is 15.8 Å². The topological polar surface area (TPSA) is 102 Å². The van der Waals surface area contributed by atoms with Crippen LogP contribution >= 0.6 is 12.2 Å². The lowest BCUT2D eigenvalue weighted by Crippen LogP contribution is -2.54. The lowest BCUT2D eigenvalue weighted by atomic mass is 10.1. The summed E-state index contributed by atoms with van der Waals surface area (Å²) in [5.41, 5.74) is 1.04. The molecule has 1 aliphatic rings. The van der Waals surface area contributed by atoms with Gasteiger partial charge in [-0.3, -0.25) is 25.0 Å². The summed E-state index contributed by atoms with van der Waals surface area (Å²) in [7, 11) is 0. The first-order valence-electron chi connectivity index (χ1n) is 9.95. The van der Waals surface area contributed by atoms with E-state index >= 15 is 0 Å². The second-order valence-electron chi connectivity index (χ2n) is 7.19. The van der Waals surface area contributed by atoms with Crippen molar-refractivity contribution in [1.82, 2.24) is 5.32 Å². The number of carbonyl (C=O) groups excluding carboxylic acids is 2. The Hall–Kier alpha value is -4.44. The second-order valence-corrected chi connectivity index (χ2v) is 7.58. The monoisotopic (exact) mass is 477 g/mol. The Labute approximate surface area is 198 Å². The van der Waals surface area contributed by atoms with Gasteiger partial charge in [-0.1, -0.05) is 24.3 Å². The van der Waals surface area contributed by atoms with Crippen LogP contribution in [0, 0.1) is 15.9 Å². The second kappa shape index (κ2) is 9.59. The van der Waals surface area contributed by atoms with Gasteiger partial charge in [0.05, 0.1) is 10.6 Å². The van der Waals surface area contributed by atoms with Gasteiger partial charge in [0.25, 0.3) is 17.5 Å². The number of rotatable bonds is 6. The molecular formula is C24H16FN3O5S. The molecule has 0 aromatic heterocycles. The van der Waals surface area contributed by atoms with Gasteiger partial charge in [-0.15, -0.1) is 0 Å². The van der Waals surface area contributed by atoms with Crippen LogP contribution in [0.3, 0.4) is 0 Å². The number of halogens is 1. The van der Waals surface area contributed by atoms with E-state index in [0.29, 0.717) is 11.3 Å².